The minimum atomic E-state index is -4.02. The smallest absolute Gasteiger partial charge is 0.338 e. The Morgan fingerprint density at radius 3 is 2.51 bits per heavy atom. The van der Waals surface area contributed by atoms with Crippen molar-refractivity contribution in [3.05, 3.63) is 88.4 Å². The third-order valence-electron chi connectivity index (χ3n) is 5.86. The van der Waals surface area contributed by atoms with Gasteiger partial charge in [-0.2, -0.15) is 0 Å². The summed E-state index contributed by atoms with van der Waals surface area (Å²) in [5, 5.41) is 2.69. The highest BCUT2D eigenvalue weighted by molar-refractivity contribution is 7.93. The Morgan fingerprint density at radius 2 is 1.80 bits per heavy atom. The fourth-order valence-corrected chi connectivity index (χ4v) is 5.86. The molecule has 0 radical (unpaired) electrons. The number of halogens is 1. The Balaban J connectivity index is 1.50. The maximum Gasteiger partial charge on any atom is 0.338 e. The number of anilines is 2. The van der Waals surface area contributed by atoms with Crippen molar-refractivity contribution < 1.29 is 22.7 Å². The summed E-state index contributed by atoms with van der Waals surface area (Å²) < 4.78 is 33.4. The molecule has 9 heteroatoms. The van der Waals surface area contributed by atoms with Gasteiger partial charge in [-0.25, -0.2) is 13.2 Å². The van der Waals surface area contributed by atoms with E-state index in [1.807, 2.05) is 31.2 Å². The van der Waals surface area contributed by atoms with Gasteiger partial charge in [0.1, 0.15) is 4.90 Å². The van der Waals surface area contributed by atoms with Crippen LogP contribution in [0, 0.1) is 0 Å². The lowest BCUT2D eigenvalue weighted by Crippen LogP contribution is -2.31. The molecule has 182 valence electrons. The summed E-state index contributed by atoms with van der Waals surface area (Å²) in [4.78, 5) is 25.0. The van der Waals surface area contributed by atoms with Gasteiger partial charge < -0.3 is 10.1 Å². The van der Waals surface area contributed by atoms with Crippen molar-refractivity contribution in [2.24, 2.45) is 0 Å². The van der Waals surface area contributed by atoms with E-state index in [4.69, 9.17) is 16.3 Å². The van der Waals surface area contributed by atoms with Crippen molar-refractivity contribution in [1.29, 1.82) is 0 Å². The molecule has 0 fully saturated rings. The summed E-state index contributed by atoms with van der Waals surface area (Å²) in [6, 6.07) is 18.5. The number of hydrogen-bond acceptors (Lipinski definition) is 5. The highest BCUT2D eigenvalue weighted by Crippen LogP contribution is 2.35. The number of carbonyl (C=O) groups is 2. The summed E-state index contributed by atoms with van der Waals surface area (Å²) in [5.41, 5.74) is 3.21. The molecule has 1 aliphatic rings. The van der Waals surface area contributed by atoms with Gasteiger partial charge in [-0.05, 0) is 67.3 Å². The molecule has 0 spiro atoms. The van der Waals surface area contributed by atoms with Crippen LogP contribution in [0.5, 0.6) is 0 Å². The maximum atomic E-state index is 13.4. The molecular formula is C26H25ClN2O5S. The van der Waals surface area contributed by atoms with Crippen molar-refractivity contribution in [3.63, 3.8) is 0 Å². The van der Waals surface area contributed by atoms with Crippen molar-refractivity contribution >= 4 is 44.9 Å². The Hall–Kier alpha value is -3.36. The minimum absolute atomic E-state index is 0.00718. The van der Waals surface area contributed by atoms with E-state index in [1.165, 1.54) is 29.4 Å². The molecule has 1 heterocycles. The molecule has 1 aliphatic heterocycles. The third kappa shape index (κ3) is 5.18. The zero-order valence-corrected chi connectivity index (χ0v) is 20.9. The first-order chi connectivity index (χ1) is 16.7. The monoisotopic (exact) mass is 512 g/mol. The SMILES string of the molecule is CCc1ccc(NC(=O)C(C)OC(=O)c2ccc(Cl)c(S(=O)(=O)N3CCc4ccccc43)c2)cc1. The largest absolute Gasteiger partial charge is 0.449 e. The summed E-state index contributed by atoms with van der Waals surface area (Å²) >= 11 is 6.24. The molecule has 0 bridgehead atoms. The number of esters is 1. The van der Waals surface area contributed by atoms with E-state index in [-0.39, 0.29) is 22.0 Å². The van der Waals surface area contributed by atoms with Crippen molar-refractivity contribution in [2.75, 3.05) is 16.2 Å². The number of benzene rings is 3. The quantitative estimate of drug-likeness (QED) is 0.457. The number of nitrogens with one attached hydrogen (secondary N) is 1. The van der Waals surface area contributed by atoms with Crippen LogP contribution in [0.4, 0.5) is 11.4 Å². The van der Waals surface area contributed by atoms with Gasteiger partial charge >= 0.3 is 5.97 Å². The molecule has 0 aromatic heterocycles. The number of fused-ring (bicyclic) bond motifs is 1. The molecule has 3 aromatic carbocycles. The van der Waals surface area contributed by atoms with Gasteiger partial charge in [-0.15, -0.1) is 0 Å². The number of para-hydroxylation sites is 1. The van der Waals surface area contributed by atoms with Crippen LogP contribution >= 0.6 is 11.6 Å². The molecule has 1 atom stereocenters. The van der Waals surface area contributed by atoms with E-state index >= 15 is 0 Å². The first-order valence-corrected chi connectivity index (χ1v) is 13.0. The van der Waals surface area contributed by atoms with Gasteiger partial charge in [0, 0.05) is 12.2 Å². The number of amides is 1. The van der Waals surface area contributed by atoms with Crippen LogP contribution in [-0.4, -0.2) is 32.9 Å². The molecule has 0 aliphatic carbocycles. The van der Waals surface area contributed by atoms with E-state index in [1.54, 1.807) is 24.3 Å². The van der Waals surface area contributed by atoms with Gasteiger partial charge in [0.25, 0.3) is 15.9 Å². The molecular weight excluding hydrogens is 488 g/mol. The van der Waals surface area contributed by atoms with Gasteiger partial charge in [0.15, 0.2) is 6.10 Å². The van der Waals surface area contributed by atoms with Gasteiger partial charge in [0.05, 0.1) is 16.3 Å². The minimum Gasteiger partial charge on any atom is -0.449 e. The van der Waals surface area contributed by atoms with Crippen molar-refractivity contribution in [2.45, 2.75) is 37.7 Å². The Morgan fingerprint density at radius 1 is 1.09 bits per heavy atom. The van der Waals surface area contributed by atoms with Crippen LogP contribution in [0.2, 0.25) is 5.02 Å². The number of carbonyl (C=O) groups excluding carboxylic acids is 2. The average Bonchev–Trinajstić information content (AvgIpc) is 3.29. The van der Waals surface area contributed by atoms with Crippen molar-refractivity contribution in [1.82, 2.24) is 0 Å². The van der Waals surface area contributed by atoms with Crippen LogP contribution in [-0.2, 0) is 32.4 Å². The fourth-order valence-electron chi connectivity index (χ4n) is 3.85. The normalized spacial score (nSPS) is 13.7. The maximum absolute atomic E-state index is 13.4. The third-order valence-corrected chi connectivity index (χ3v) is 8.16. The number of hydrogen-bond donors (Lipinski definition) is 1. The standard InChI is InChI=1S/C26H25ClN2O5S/c1-3-18-8-11-21(12-9-18)28-25(30)17(2)34-26(31)20-10-13-22(27)24(16-20)35(32,33)29-15-14-19-6-4-5-7-23(19)29/h4-13,16-17H,3,14-15H2,1-2H3,(H,28,30). The molecule has 1 N–H and O–H groups in total. The summed E-state index contributed by atoms with van der Waals surface area (Å²) in [5.74, 6) is -1.33. The van der Waals surface area contributed by atoms with Crippen LogP contribution in [0.15, 0.2) is 71.6 Å². The topological polar surface area (TPSA) is 92.8 Å². The zero-order valence-electron chi connectivity index (χ0n) is 19.3. The number of sulfonamides is 1. The van der Waals surface area contributed by atoms with Crippen LogP contribution in [0.1, 0.15) is 35.3 Å². The molecule has 0 saturated carbocycles. The zero-order chi connectivity index (χ0) is 25.2. The molecule has 0 saturated heterocycles. The molecule has 35 heavy (non-hydrogen) atoms. The molecule has 7 nitrogen and oxygen atoms in total. The second kappa shape index (κ2) is 10.1. The second-order valence-corrected chi connectivity index (χ2v) is 10.4. The number of rotatable bonds is 7. The van der Waals surface area contributed by atoms with Gasteiger partial charge in [-0.3, -0.25) is 9.10 Å². The summed E-state index contributed by atoms with van der Waals surface area (Å²) in [6.45, 7) is 3.76. The second-order valence-electron chi connectivity index (χ2n) is 8.19. The van der Waals surface area contributed by atoms with Crippen LogP contribution in [0.3, 0.4) is 0 Å². The highest BCUT2D eigenvalue weighted by Gasteiger charge is 2.33. The average molecular weight is 513 g/mol. The highest BCUT2D eigenvalue weighted by atomic mass is 35.5. The lowest BCUT2D eigenvalue weighted by atomic mass is 10.1. The number of ether oxygens (including phenoxy) is 1. The van der Waals surface area contributed by atoms with E-state index in [0.29, 0.717) is 17.8 Å². The lowest BCUT2D eigenvalue weighted by molar-refractivity contribution is -0.123. The van der Waals surface area contributed by atoms with Gasteiger partial charge in [0.2, 0.25) is 0 Å². The summed E-state index contributed by atoms with van der Waals surface area (Å²) in [7, 11) is -4.02. The molecule has 3 aromatic rings. The van der Waals surface area contributed by atoms with Crippen LogP contribution < -0.4 is 9.62 Å². The van der Waals surface area contributed by atoms with Crippen molar-refractivity contribution in [3.8, 4) is 0 Å². The first kappa shape index (κ1) is 24.8. The van der Waals surface area contributed by atoms with Crippen LogP contribution in [0.25, 0.3) is 0 Å². The van der Waals surface area contributed by atoms with Gasteiger partial charge in [-0.1, -0.05) is 48.9 Å². The molecule has 4 rings (SSSR count). The fraction of sp³-hybridized carbons (Fsp3) is 0.231. The van der Waals surface area contributed by atoms with E-state index in [9.17, 15) is 18.0 Å². The molecule has 1 unspecified atom stereocenters. The Labute approximate surface area is 209 Å². The number of aryl methyl sites for hydroxylation is 1. The Bertz CT molecular complexity index is 1370. The lowest BCUT2D eigenvalue weighted by Gasteiger charge is -2.21. The predicted molar refractivity (Wildman–Crippen MR) is 135 cm³/mol. The first-order valence-electron chi connectivity index (χ1n) is 11.2. The van der Waals surface area contributed by atoms with E-state index in [2.05, 4.69) is 5.32 Å². The van der Waals surface area contributed by atoms with E-state index < -0.39 is 28.0 Å². The molecule has 1 amide bonds. The van der Waals surface area contributed by atoms with E-state index in [0.717, 1.165) is 17.5 Å². The predicted octanol–water partition coefficient (Wildman–Crippen LogP) is 4.84. The number of nitrogens with zero attached hydrogens (tertiary/aromatic N) is 1. The summed E-state index contributed by atoms with van der Waals surface area (Å²) in [6.07, 6.45) is 0.364. The Kier molecular flexibility index (Phi) is 7.14.